The fraction of sp³-hybridized carbons (Fsp3) is 0.200. The molecule has 0 bridgehead atoms. The molecule has 31 heavy (non-hydrogen) atoms. The van der Waals surface area contributed by atoms with Gasteiger partial charge < -0.3 is 9.84 Å². The first kappa shape index (κ1) is 20.9. The van der Waals surface area contributed by atoms with E-state index >= 15 is 0 Å². The maximum atomic E-state index is 13.0. The number of thiophene rings is 1. The molecule has 0 saturated heterocycles. The average molecular weight is 434 g/mol. The van der Waals surface area contributed by atoms with Crippen LogP contribution in [0.2, 0.25) is 0 Å². The van der Waals surface area contributed by atoms with E-state index in [1.54, 1.807) is 38.1 Å². The molecule has 0 fully saturated rings. The van der Waals surface area contributed by atoms with Crippen molar-refractivity contribution in [3.8, 4) is 11.5 Å². The summed E-state index contributed by atoms with van der Waals surface area (Å²) in [4.78, 5) is 28.2. The van der Waals surface area contributed by atoms with Gasteiger partial charge >= 0.3 is 0 Å². The van der Waals surface area contributed by atoms with Crippen LogP contribution in [0.1, 0.15) is 30.3 Å². The molecule has 1 aliphatic rings. The number of amides is 1. The summed E-state index contributed by atoms with van der Waals surface area (Å²) in [7, 11) is 0. The molecular formula is C25H23NO4S. The molecule has 4 rings (SSSR count). The van der Waals surface area contributed by atoms with Crippen LogP contribution in [0.15, 0.2) is 77.4 Å². The molecule has 1 aromatic heterocycles. The van der Waals surface area contributed by atoms with Crippen molar-refractivity contribution >= 4 is 28.7 Å². The first-order valence-electron chi connectivity index (χ1n) is 10.1. The van der Waals surface area contributed by atoms with E-state index < -0.39 is 17.7 Å². The Hall–Kier alpha value is -3.38. The van der Waals surface area contributed by atoms with Crippen molar-refractivity contribution in [3.63, 3.8) is 0 Å². The third kappa shape index (κ3) is 3.99. The van der Waals surface area contributed by atoms with Gasteiger partial charge in [-0.2, -0.15) is 0 Å². The number of aliphatic hydroxyl groups excluding tert-OH is 1. The Balaban J connectivity index is 1.68. The van der Waals surface area contributed by atoms with Crippen LogP contribution in [0.3, 0.4) is 0 Å². The van der Waals surface area contributed by atoms with Crippen LogP contribution in [-0.2, 0) is 9.59 Å². The Morgan fingerprint density at radius 2 is 1.81 bits per heavy atom. The van der Waals surface area contributed by atoms with Gasteiger partial charge in [0.25, 0.3) is 5.91 Å². The summed E-state index contributed by atoms with van der Waals surface area (Å²) in [5.41, 5.74) is 1.83. The molecule has 1 aliphatic heterocycles. The highest BCUT2D eigenvalue weighted by Gasteiger charge is 2.45. The van der Waals surface area contributed by atoms with E-state index in [1.165, 1.54) is 16.2 Å². The number of carbonyl (C=O) groups is 2. The highest BCUT2D eigenvalue weighted by molar-refractivity contribution is 7.10. The van der Waals surface area contributed by atoms with Gasteiger partial charge in [-0.3, -0.25) is 14.5 Å². The van der Waals surface area contributed by atoms with E-state index in [1.807, 2.05) is 48.7 Å². The Morgan fingerprint density at radius 1 is 1.06 bits per heavy atom. The fourth-order valence-electron chi connectivity index (χ4n) is 3.64. The minimum absolute atomic E-state index is 0.155. The van der Waals surface area contributed by atoms with Gasteiger partial charge in [0, 0.05) is 16.5 Å². The molecule has 0 aliphatic carbocycles. The lowest BCUT2D eigenvalue weighted by Gasteiger charge is -2.26. The highest BCUT2D eigenvalue weighted by atomic mass is 32.1. The monoisotopic (exact) mass is 433 g/mol. The second-order valence-electron chi connectivity index (χ2n) is 7.79. The van der Waals surface area contributed by atoms with Crippen LogP contribution in [-0.4, -0.2) is 16.8 Å². The summed E-state index contributed by atoms with van der Waals surface area (Å²) in [6.45, 7) is 5.52. The summed E-state index contributed by atoms with van der Waals surface area (Å²) in [6.07, 6.45) is 0. The van der Waals surface area contributed by atoms with Crippen LogP contribution in [0.5, 0.6) is 11.5 Å². The van der Waals surface area contributed by atoms with Crippen LogP contribution in [0.4, 0.5) is 5.69 Å². The predicted octanol–water partition coefficient (Wildman–Crippen LogP) is 5.97. The van der Waals surface area contributed by atoms with E-state index in [2.05, 4.69) is 0 Å². The number of ether oxygens (including phenoxy) is 1. The van der Waals surface area contributed by atoms with E-state index in [4.69, 9.17) is 4.74 Å². The first-order chi connectivity index (χ1) is 14.9. The number of nitrogens with zero attached hydrogens (tertiary/aromatic N) is 1. The van der Waals surface area contributed by atoms with Gasteiger partial charge in [-0.1, -0.05) is 32.0 Å². The Bertz CT molecular complexity index is 1150. The number of hydrogen-bond acceptors (Lipinski definition) is 5. The van der Waals surface area contributed by atoms with E-state index in [9.17, 15) is 14.7 Å². The lowest BCUT2D eigenvalue weighted by Crippen LogP contribution is -2.30. The zero-order chi connectivity index (χ0) is 22.1. The van der Waals surface area contributed by atoms with Crippen LogP contribution in [0.25, 0.3) is 0 Å². The zero-order valence-corrected chi connectivity index (χ0v) is 18.3. The summed E-state index contributed by atoms with van der Waals surface area (Å²) >= 11 is 1.45. The Morgan fingerprint density at radius 3 is 2.42 bits per heavy atom. The van der Waals surface area contributed by atoms with Gasteiger partial charge in [0.2, 0.25) is 0 Å². The number of ketones is 1. The zero-order valence-electron chi connectivity index (χ0n) is 17.5. The summed E-state index contributed by atoms with van der Waals surface area (Å²) in [6, 6.07) is 17.9. The maximum Gasteiger partial charge on any atom is 0.294 e. The molecular weight excluding hydrogens is 410 g/mol. The molecule has 0 saturated carbocycles. The van der Waals surface area contributed by atoms with Crippen molar-refractivity contribution in [2.24, 2.45) is 5.92 Å². The first-order valence-corrected chi connectivity index (χ1v) is 10.9. The predicted molar refractivity (Wildman–Crippen MR) is 122 cm³/mol. The number of benzene rings is 2. The van der Waals surface area contributed by atoms with Gasteiger partial charge in [0.05, 0.1) is 5.57 Å². The third-order valence-corrected chi connectivity index (χ3v) is 6.08. The number of rotatable bonds is 6. The van der Waals surface area contributed by atoms with Crippen LogP contribution < -0.4 is 9.64 Å². The maximum absolute atomic E-state index is 13.0. The average Bonchev–Trinajstić information content (AvgIpc) is 3.35. The van der Waals surface area contributed by atoms with Crippen molar-refractivity contribution in [1.29, 1.82) is 0 Å². The molecule has 1 N–H and O–H groups in total. The standard InChI is InChI=1S/C25H23NO4S/c1-15(2)23(27)21-22(20-8-5-13-31-20)26(25(29)24(21)28)17-9-11-18(12-10-17)30-19-7-4-6-16(3)14-19/h4-15,22,28H,1-3H3. The van der Waals surface area contributed by atoms with E-state index in [-0.39, 0.29) is 17.3 Å². The molecule has 6 heteroatoms. The molecule has 1 unspecified atom stereocenters. The molecule has 2 heterocycles. The van der Waals surface area contributed by atoms with Gasteiger partial charge in [-0.15, -0.1) is 11.3 Å². The molecule has 158 valence electrons. The quantitative estimate of drug-likeness (QED) is 0.520. The lowest BCUT2D eigenvalue weighted by atomic mass is 9.94. The number of anilines is 1. The molecule has 0 spiro atoms. The van der Waals surface area contributed by atoms with Crippen molar-refractivity contribution in [3.05, 3.63) is 87.8 Å². The summed E-state index contributed by atoms with van der Waals surface area (Å²) in [5.74, 6) is -0.259. The van der Waals surface area contributed by atoms with Gasteiger partial charge in [-0.25, -0.2) is 0 Å². The molecule has 3 aromatic rings. The van der Waals surface area contributed by atoms with E-state index in [0.29, 0.717) is 11.4 Å². The van der Waals surface area contributed by atoms with Crippen molar-refractivity contribution in [1.82, 2.24) is 0 Å². The molecule has 1 atom stereocenters. The van der Waals surface area contributed by atoms with Gasteiger partial charge in [0.1, 0.15) is 17.5 Å². The second-order valence-corrected chi connectivity index (χ2v) is 8.77. The van der Waals surface area contributed by atoms with Crippen LogP contribution in [0, 0.1) is 12.8 Å². The molecule has 1 amide bonds. The number of aryl methyl sites for hydroxylation is 1. The third-order valence-electron chi connectivity index (χ3n) is 5.15. The largest absolute Gasteiger partial charge is 0.503 e. The highest BCUT2D eigenvalue weighted by Crippen LogP contribution is 2.43. The second kappa shape index (κ2) is 8.40. The Kier molecular flexibility index (Phi) is 5.65. The topological polar surface area (TPSA) is 66.8 Å². The fourth-order valence-corrected chi connectivity index (χ4v) is 4.46. The minimum atomic E-state index is -0.647. The summed E-state index contributed by atoms with van der Waals surface area (Å²) < 4.78 is 5.90. The number of hydrogen-bond donors (Lipinski definition) is 1. The smallest absolute Gasteiger partial charge is 0.294 e. The SMILES string of the molecule is Cc1cccc(Oc2ccc(N3C(=O)C(O)=C(C(=O)C(C)C)C3c3cccs3)cc2)c1. The number of Topliss-reactive ketones (excluding diaryl/α,β-unsaturated/α-hetero) is 1. The van der Waals surface area contributed by atoms with Gasteiger partial charge in [0.15, 0.2) is 11.5 Å². The Labute approximate surface area is 185 Å². The van der Waals surface area contributed by atoms with E-state index in [0.717, 1.165) is 16.2 Å². The normalized spacial score (nSPS) is 16.3. The number of aliphatic hydroxyl groups is 1. The van der Waals surface area contributed by atoms with Gasteiger partial charge in [-0.05, 0) is 60.3 Å². The molecule has 5 nitrogen and oxygen atoms in total. The van der Waals surface area contributed by atoms with Crippen molar-refractivity contribution in [2.45, 2.75) is 26.8 Å². The molecule has 0 radical (unpaired) electrons. The number of carbonyl (C=O) groups excluding carboxylic acids is 2. The minimum Gasteiger partial charge on any atom is -0.503 e. The van der Waals surface area contributed by atoms with Crippen LogP contribution >= 0.6 is 11.3 Å². The molecule has 2 aromatic carbocycles. The van der Waals surface area contributed by atoms with Crippen molar-refractivity contribution in [2.75, 3.05) is 4.90 Å². The van der Waals surface area contributed by atoms with Crippen molar-refractivity contribution < 1.29 is 19.4 Å². The lowest BCUT2D eigenvalue weighted by molar-refractivity contribution is -0.119. The summed E-state index contributed by atoms with van der Waals surface area (Å²) in [5, 5.41) is 12.5.